The van der Waals surface area contributed by atoms with E-state index >= 15 is 0 Å². The fraction of sp³-hybridized carbons (Fsp3) is 0.536. The molecule has 0 radical (unpaired) electrons. The molecule has 0 bridgehead atoms. The quantitative estimate of drug-likeness (QED) is 0.532. The van der Waals surface area contributed by atoms with E-state index in [1.807, 2.05) is 18.2 Å². The topological polar surface area (TPSA) is 55.8 Å². The number of carbonyl (C=O) groups is 1. The van der Waals surface area contributed by atoms with Crippen LogP contribution in [-0.4, -0.2) is 59.3 Å². The minimum Gasteiger partial charge on any atom is -0.378 e. The third kappa shape index (κ3) is 5.56. The van der Waals surface area contributed by atoms with Gasteiger partial charge in [-0.15, -0.1) is 0 Å². The van der Waals surface area contributed by atoms with Crippen LogP contribution < -0.4 is 5.32 Å². The molecule has 6 heteroatoms. The molecule has 2 aromatic carbocycles. The van der Waals surface area contributed by atoms with E-state index < -0.39 is 0 Å². The van der Waals surface area contributed by atoms with E-state index in [2.05, 4.69) is 67.4 Å². The van der Waals surface area contributed by atoms with Crippen molar-refractivity contribution in [1.29, 1.82) is 0 Å². The van der Waals surface area contributed by atoms with Gasteiger partial charge in [-0.25, -0.2) is 0 Å². The van der Waals surface area contributed by atoms with Crippen molar-refractivity contribution in [2.75, 3.05) is 26.2 Å². The Hall–Kier alpha value is -1.73. The largest absolute Gasteiger partial charge is 0.378 e. The number of carbonyl (C=O) groups excluding carboxylic acids is 1. The van der Waals surface area contributed by atoms with Crippen molar-refractivity contribution >= 4 is 21.8 Å². The molecule has 3 fully saturated rings. The number of hydrogen-bond donors (Lipinski definition) is 2. The smallest absolute Gasteiger partial charge is 0.227 e. The maximum atomic E-state index is 12.9. The maximum absolute atomic E-state index is 12.9. The predicted molar refractivity (Wildman–Crippen MR) is 138 cm³/mol. The Kier molecular flexibility index (Phi) is 7.40. The molecule has 2 heterocycles. The zero-order valence-corrected chi connectivity index (χ0v) is 21.4. The van der Waals surface area contributed by atoms with E-state index in [9.17, 15) is 9.90 Å². The molecule has 2 unspecified atom stereocenters. The minimum atomic E-state index is -0.375. The first-order valence-electron chi connectivity index (χ1n) is 12.8. The van der Waals surface area contributed by atoms with Gasteiger partial charge in [0.25, 0.3) is 0 Å². The molecule has 2 saturated heterocycles. The average Bonchev–Trinajstić information content (AvgIpc) is 3.63. The first kappa shape index (κ1) is 24.0. The van der Waals surface area contributed by atoms with Gasteiger partial charge in [0.2, 0.25) is 5.91 Å². The van der Waals surface area contributed by atoms with Gasteiger partial charge in [0, 0.05) is 29.0 Å². The second-order valence-corrected chi connectivity index (χ2v) is 11.4. The lowest BCUT2D eigenvalue weighted by Crippen LogP contribution is -2.47. The molecule has 182 valence electrons. The molecule has 1 amide bonds. The van der Waals surface area contributed by atoms with Crippen LogP contribution in [0.3, 0.4) is 0 Å². The molecule has 0 aromatic heterocycles. The number of aliphatic hydroxyl groups is 1. The van der Waals surface area contributed by atoms with Crippen molar-refractivity contribution in [3.63, 3.8) is 0 Å². The first-order chi connectivity index (χ1) is 16.5. The molecule has 2 aliphatic heterocycles. The highest BCUT2D eigenvalue weighted by Crippen LogP contribution is 2.45. The first-order valence-corrected chi connectivity index (χ1v) is 13.6. The molecular formula is C28H36BrN3O2. The Labute approximate surface area is 211 Å². The van der Waals surface area contributed by atoms with Crippen LogP contribution in [0.1, 0.15) is 55.6 Å². The molecule has 5 nitrogen and oxygen atoms in total. The van der Waals surface area contributed by atoms with Gasteiger partial charge in [-0.05, 0) is 81.4 Å². The van der Waals surface area contributed by atoms with Crippen molar-refractivity contribution in [1.82, 2.24) is 15.1 Å². The highest BCUT2D eigenvalue weighted by molar-refractivity contribution is 9.10. The van der Waals surface area contributed by atoms with Gasteiger partial charge in [0.15, 0.2) is 0 Å². The molecule has 34 heavy (non-hydrogen) atoms. The van der Waals surface area contributed by atoms with Crippen LogP contribution in [0.2, 0.25) is 0 Å². The second-order valence-electron chi connectivity index (χ2n) is 10.5. The van der Waals surface area contributed by atoms with Gasteiger partial charge in [0.05, 0.1) is 5.92 Å². The number of halogens is 1. The van der Waals surface area contributed by atoms with E-state index in [1.165, 1.54) is 5.56 Å². The van der Waals surface area contributed by atoms with Crippen LogP contribution in [0.4, 0.5) is 0 Å². The van der Waals surface area contributed by atoms with Crippen LogP contribution in [-0.2, 0) is 11.3 Å². The normalized spacial score (nSPS) is 23.8. The number of benzene rings is 2. The van der Waals surface area contributed by atoms with Crippen LogP contribution in [0.15, 0.2) is 59.1 Å². The summed E-state index contributed by atoms with van der Waals surface area (Å²) in [5.41, 5.74) is 2.37. The number of aliphatic hydroxyl groups excluding tert-OH is 1. The van der Waals surface area contributed by atoms with Crippen molar-refractivity contribution < 1.29 is 9.90 Å². The lowest BCUT2D eigenvalue weighted by Gasteiger charge is -2.42. The second kappa shape index (κ2) is 10.5. The SMILES string of the molecule is O=C(NC1CC1)C(CCN1CCC2(CC1)CCN(Cc1ccc(Br)cc1)C2O)c1ccccc1. The van der Waals surface area contributed by atoms with E-state index in [0.717, 1.165) is 81.3 Å². The van der Waals surface area contributed by atoms with E-state index in [-0.39, 0.29) is 23.5 Å². The van der Waals surface area contributed by atoms with Crippen molar-refractivity contribution in [2.24, 2.45) is 5.41 Å². The summed E-state index contributed by atoms with van der Waals surface area (Å²) in [6.45, 7) is 4.67. The number of hydrogen-bond acceptors (Lipinski definition) is 4. The fourth-order valence-electron chi connectivity index (χ4n) is 5.70. The summed E-state index contributed by atoms with van der Waals surface area (Å²) in [6.07, 6.45) is 5.80. The Morgan fingerprint density at radius 3 is 2.38 bits per heavy atom. The Balaban J connectivity index is 1.14. The van der Waals surface area contributed by atoms with Gasteiger partial charge < -0.3 is 15.3 Å². The van der Waals surface area contributed by atoms with Crippen LogP contribution >= 0.6 is 15.9 Å². The van der Waals surface area contributed by atoms with Crippen LogP contribution in [0, 0.1) is 5.41 Å². The fourth-order valence-corrected chi connectivity index (χ4v) is 5.96. The van der Waals surface area contributed by atoms with Crippen molar-refractivity contribution in [2.45, 2.75) is 63.3 Å². The third-order valence-electron chi connectivity index (χ3n) is 8.12. The molecule has 2 aromatic rings. The van der Waals surface area contributed by atoms with Crippen molar-refractivity contribution in [3.05, 3.63) is 70.2 Å². The van der Waals surface area contributed by atoms with Gasteiger partial charge >= 0.3 is 0 Å². The monoisotopic (exact) mass is 525 g/mol. The lowest BCUT2D eigenvalue weighted by molar-refractivity contribution is -0.123. The number of amides is 1. The number of likely N-dealkylation sites (tertiary alicyclic amines) is 2. The zero-order valence-electron chi connectivity index (χ0n) is 19.8. The highest BCUT2D eigenvalue weighted by Gasteiger charge is 2.47. The summed E-state index contributed by atoms with van der Waals surface area (Å²) >= 11 is 3.50. The highest BCUT2D eigenvalue weighted by atomic mass is 79.9. The standard InChI is InChI=1S/C28H36BrN3O2/c29-23-8-6-21(7-9-23)20-32-19-15-28(27(32)34)13-17-31(18-14-28)16-12-25(22-4-2-1-3-5-22)26(33)30-24-10-11-24/h1-9,24-25,27,34H,10-20H2,(H,30,33). The molecule has 5 rings (SSSR count). The average molecular weight is 527 g/mol. The number of nitrogens with zero attached hydrogens (tertiary/aromatic N) is 2. The summed E-state index contributed by atoms with van der Waals surface area (Å²) in [6, 6.07) is 19.0. The summed E-state index contributed by atoms with van der Waals surface area (Å²) < 4.78 is 1.08. The third-order valence-corrected chi connectivity index (χ3v) is 8.65. The van der Waals surface area contributed by atoms with Crippen LogP contribution in [0.25, 0.3) is 0 Å². The molecule has 3 aliphatic rings. The van der Waals surface area contributed by atoms with Gasteiger partial charge in [-0.3, -0.25) is 9.69 Å². The van der Waals surface area contributed by atoms with E-state index in [1.54, 1.807) is 0 Å². The van der Waals surface area contributed by atoms with Gasteiger partial charge in [-0.2, -0.15) is 0 Å². The van der Waals surface area contributed by atoms with E-state index in [0.29, 0.717) is 6.04 Å². The molecule has 2 N–H and O–H groups in total. The van der Waals surface area contributed by atoms with Crippen LogP contribution in [0.5, 0.6) is 0 Å². The number of piperidine rings is 1. The zero-order chi connectivity index (χ0) is 23.5. The van der Waals surface area contributed by atoms with Gasteiger partial charge in [-0.1, -0.05) is 58.4 Å². The molecule has 1 saturated carbocycles. The van der Waals surface area contributed by atoms with Crippen molar-refractivity contribution in [3.8, 4) is 0 Å². The Bertz CT molecular complexity index is 955. The molecule has 1 spiro atoms. The molecule has 1 aliphatic carbocycles. The summed E-state index contributed by atoms with van der Waals surface area (Å²) in [5.74, 6) is 0.0909. The molecule has 2 atom stereocenters. The Morgan fingerprint density at radius 2 is 1.71 bits per heavy atom. The summed E-state index contributed by atoms with van der Waals surface area (Å²) in [5, 5.41) is 14.5. The van der Waals surface area contributed by atoms with Gasteiger partial charge in [0.1, 0.15) is 6.23 Å². The summed E-state index contributed by atoms with van der Waals surface area (Å²) in [4.78, 5) is 17.7. The number of rotatable bonds is 8. The predicted octanol–water partition coefficient (Wildman–Crippen LogP) is 4.51. The minimum absolute atomic E-state index is 0.00798. The van der Waals surface area contributed by atoms with E-state index in [4.69, 9.17) is 0 Å². The molecular weight excluding hydrogens is 490 g/mol. The Morgan fingerprint density at radius 1 is 1.03 bits per heavy atom. The lowest BCUT2D eigenvalue weighted by atomic mass is 9.76. The number of nitrogens with one attached hydrogen (secondary N) is 1. The summed E-state index contributed by atoms with van der Waals surface area (Å²) in [7, 11) is 0. The maximum Gasteiger partial charge on any atom is 0.227 e.